The zero-order chi connectivity index (χ0) is 12.8. The first-order valence-electron chi connectivity index (χ1n) is 4.73. The summed E-state index contributed by atoms with van der Waals surface area (Å²) in [5, 5.41) is 30.3. The zero-order valence-electron chi connectivity index (χ0n) is 8.75. The van der Waals surface area contributed by atoms with Crippen LogP contribution in [0.25, 0.3) is 0 Å². The average Bonchev–Trinajstić information content (AvgIpc) is 2.26. The number of aromatic carboxylic acids is 1. The lowest BCUT2D eigenvalue weighted by molar-refractivity contribution is -0.0350. The Balaban J connectivity index is 2.59. The van der Waals surface area contributed by atoms with Gasteiger partial charge >= 0.3 is 12.0 Å². The van der Waals surface area contributed by atoms with Crippen LogP contribution >= 0.6 is 0 Å². The minimum Gasteiger partial charge on any atom is -0.478 e. The Hall–Kier alpha value is -2.12. The third-order valence-corrected chi connectivity index (χ3v) is 1.81. The molecule has 0 aliphatic rings. The summed E-state index contributed by atoms with van der Waals surface area (Å²) in [5.74, 6) is -1.10. The summed E-state index contributed by atoms with van der Waals surface area (Å²) in [6, 6.07) is 5.03. The van der Waals surface area contributed by atoms with Crippen molar-refractivity contribution in [2.24, 2.45) is 0 Å². The number of hydrogen-bond acceptors (Lipinski definition) is 4. The maximum atomic E-state index is 11.2. The number of rotatable bonds is 4. The average molecular weight is 240 g/mol. The van der Waals surface area contributed by atoms with Crippen molar-refractivity contribution in [1.82, 2.24) is 5.32 Å². The standard InChI is InChI=1S/C10H12N2O5/c13-8(14)5-11-10(17)12-7-3-1-2-6(4-7)9(15)16/h1-4,8,13-14H,5H2,(H,15,16)(H2,11,12,17). The first kappa shape index (κ1) is 12.9. The van der Waals surface area contributed by atoms with Crippen LogP contribution in [0.15, 0.2) is 24.3 Å². The second kappa shape index (κ2) is 5.83. The molecule has 1 aromatic carbocycles. The van der Waals surface area contributed by atoms with Gasteiger partial charge in [-0.1, -0.05) is 6.07 Å². The first-order chi connectivity index (χ1) is 7.99. The molecule has 92 valence electrons. The lowest BCUT2D eigenvalue weighted by Crippen LogP contribution is -2.35. The van der Waals surface area contributed by atoms with Crippen LogP contribution in [0.4, 0.5) is 10.5 Å². The first-order valence-corrected chi connectivity index (χ1v) is 4.73. The fourth-order valence-corrected chi connectivity index (χ4v) is 1.09. The maximum absolute atomic E-state index is 11.2. The van der Waals surface area contributed by atoms with Gasteiger partial charge in [0.25, 0.3) is 0 Å². The Kier molecular flexibility index (Phi) is 4.44. The quantitative estimate of drug-likeness (QED) is 0.468. The van der Waals surface area contributed by atoms with Gasteiger partial charge in [0.05, 0.1) is 12.1 Å². The molecular formula is C10H12N2O5. The highest BCUT2D eigenvalue weighted by atomic mass is 16.5. The molecule has 7 heteroatoms. The summed E-state index contributed by atoms with van der Waals surface area (Å²) < 4.78 is 0. The van der Waals surface area contributed by atoms with Gasteiger partial charge in [-0.25, -0.2) is 9.59 Å². The fourth-order valence-electron chi connectivity index (χ4n) is 1.09. The number of hydrogen-bond donors (Lipinski definition) is 5. The fraction of sp³-hybridized carbons (Fsp3) is 0.200. The van der Waals surface area contributed by atoms with Gasteiger partial charge in [-0.15, -0.1) is 0 Å². The molecule has 5 N–H and O–H groups in total. The lowest BCUT2D eigenvalue weighted by Gasteiger charge is -2.08. The van der Waals surface area contributed by atoms with E-state index in [4.69, 9.17) is 15.3 Å². The molecule has 0 heterocycles. The number of nitrogens with one attached hydrogen (secondary N) is 2. The van der Waals surface area contributed by atoms with Crippen LogP contribution in [0.5, 0.6) is 0 Å². The smallest absolute Gasteiger partial charge is 0.335 e. The minimum absolute atomic E-state index is 0.0463. The van der Waals surface area contributed by atoms with Gasteiger partial charge in [0.15, 0.2) is 6.29 Å². The predicted octanol–water partition coefficient (Wildman–Crippen LogP) is -0.183. The molecule has 17 heavy (non-hydrogen) atoms. The number of aliphatic hydroxyl groups is 2. The van der Waals surface area contributed by atoms with Crippen molar-refractivity contribution in [1.29, 1.82) is 0 Å². The molecule has 0 unspecified atom stereocenters. The minimum atomic E-state index is -1.63. The number of urea groups is 1. The number of carboxylic acids is 1. The highest BCUT2D eigenvalue weighted by Gasteiger charge is 2.06. The Bertz CT molecular complexity index is 419. The Morgan fingerprint density at radius 2 is 2.00 bits per heavy atom. The number of amides is 2. The largest absolute Gasteiger partial charge is 0.478 e. The predicted molar refractivity (Wildman–Crippen MR) is 58.6 cm³/mol. The summed E-state index contributed by atoms with van der Waals surface area (Å²) in [6.07, 6.45) is -1.63. The van der Waals surface area contributed by atoms with E-state index in [9.17, 15) is 9.59 Å². The van der Waals surface area contributed by atoms with Crippen molar-refractivity contribution in [2.45, 2.75) is 6.29 Å². The van der Waals surface area contributed by atoms with Crippen LogP contribution in [-0.4, -0.2) is 40.2 Å². The molecule has 1 aromatic rings. The van der Waals surface area contributed by atoms with E-state index in [-0.39, 0.29) is 12.1 Å². The highest BCUT2D eigenvalue weighted by molar-refractivity contribution is 5.93. The van der Waals surface area contributed by atoms with E-state index in [1.54, 1.807) is 0 Å². The van der Waals surface area contributed by atoms with Crippen LogP contribution in [0, 0.1) is 0 Å². The SMILES string of the molecule is O=C(NCC(O)O)Nc1cccc(C(=O)O)c1. The summed E-state index contributed by atoms with van der Waals surface area (Å²) in [7, 11) is 0. The Morgan fingerprint density at radius 3 is 2.59 bits per heavy atom. The van der Waals surface area contributed by atoms with Gasteiger partial charge in [-0.05, 0) is 18.2 Å². The lowest BCUT2D eigenvalue weighted by atomic mass is 10.2. The Labute approximate surface area is 96.7 Å². The topological polar surface area (TPSA) is 119 Å². The van der Waals surface area contributed by atoms with Crippen molar-refractivity contribution in [3.63, 3.8) is 0 Å². The van der Waals surface area contributed by atoms with Gasteiger partial charge in [0.1, 0.15) is 0 Å². The maximum Gasteiger partial charge on any atom is 0.335 e. The number of benzene rings is 1. The molecule has 1 rings (SSSR count). The van der Waals surface area contributed by atoms with Crippen LogP contribution in [0.2, 0.25) is 0 Å². The highest BCUT2D eigenvalue weighted by Crippen LogP contribution is 2.10. The third-order valence-electron chi connectivity index (χ3n) is 1.81. The molecule has 0 aliphatic carbocycles. The second-order valence-corrected chi connectivity index (χ2v) is 3.20. The van der Waals surface area contributed by atoms with Crippen LogP contribution in [0.3, 0.4) is 0 Å². The van der Waals surface area contributed by atoms with E-state index < -0.39 is 18.3 Å². The third kappa shape index (κ3) is 4.49. The zero-order valence-corrected chi connectivity index (χ0v) is 8.75. The van der Waals surface area contributed by atoms with Crippen molar-refractivity contribution in [3.05, 3.63) is 29.8 Å². The van der Waals surface area contributed by atoms with Gasteiger partial charge in [0, 0.05) is 5.69 Å². The van der Waals surface area contributed by atoms with Gasteiger partial charge < -0.3 is 26.0 Å². The van der Waals surface area contributed by atoms with E-state index >= 15 is 0 Å². The van der Waals surface area contributed by atoms with Gasteiger partial charge in [-0.2, -0.15) is 0 Å². The number of carbonyl (C=O) groups is 2. The van der Waals surface area contributed by atoms with E-state index in [0.29, 0.717) is 5.69 Å². The number of aliphatic hydroxyl groups excluding tert-OH is 1. The van der Waals surface area contributed by atoms with E-state index in [1.165, 1.54) is 24.3 Å². The number of carbonyl (C=O) groups excluding carboxylic acids is 1. The summed E-state index contributed by atoms with van der Waals surface area (Å²) in [4.78, 5) is 21.9. The molecule has 0 radical (unpaired) electrons. The monoisotopic (exact) mass is 240 g/mol. The normalized spacial score (nSPS) is 10.1. The molecule has 0 aliphatic heterocycles. The Morgan fingerprint density at radius 1 is 1.29 bits per heavy atom. The van der Waals surface area contributed by atoms with Crippen molar-refractivity contribution in [2.75, 3.05) is 11.9 Å². The molecule has 0 bridgehead atoms. The molecule has 0 atom stereocenters. The number of anilines is 1. The molecule has 0 fully saturated rings. The van der Waals surface area contributed by atoms with E-state index in [0.717, 1.165) is 0 Å². The summed E-state index contributed by atoms with van der Waals surface area (Å²) in [6.45, 7) is -0.315. The van der Waals surface area contributed by atoms with E-state index in [1.807, 2.05) is 0 Å². The van der Waals surface area contributed by atoms with E-state index in [2.05, 4.69) is 10.6 Å². The summed E-state index contributed by atoms with van der Waals surface area (Å²) >= 11 is 0. The van der Waals surface area contributed by atoms with Gasteiger partial charge in [-0.3, -0.25) is 0 Å². The van der Waals surface area contributed by atoms with Gasteiger partial charge in [0.2, 0.25) is 0 Å². The van der Waals surface area contributed by atoms with Crippen LogP contribution < -0.4 is 10.6 Å². The second-order valence-electron chi connectivity index (χ2n) is 3.20. The molecule has 0 aromatic heterocycles. The molecule has 0 saturated heterocycles. The molecule has 0 saturated carbocycles. The number of carboxylic acid groups (broad SMARTS) is 1. The van der Waals surface area contributed by atoms with Crippen molar-refractivity contribution < 1.29 is 24.9 Å². The molecule has 0 spiro atoms. The van der Waals surface area contributed by atoms with Crippen LogP contribution in [-0.2, 0) is 0 Å². The molecule has 7 nitrogen and oxygen atoms in total. The van der Waals surface area contributed by atoms with Crippen LogP contribution in [0.1, 0.15) is 10.4 Å². The van der Waals surface area contributed by atoms with Crippen molar-refractivity contribution >= 4 is 17.7 Å². The molecular weight excluding hydrogens is 228 g/mol. The molecule has 2 amide bonds. The summed E-state index contributed by atoms with van der Waals surface area (Å²) in [5.41, 5.74) is 0.347. The van der Waals surface area contributed by atoms with Crippen molar-refractivity contribution in [3.8, 4) is 0 Å².